The lowest BCUT2D eigenvalue weighted by atomic mass is 10.1. The van der Waals surface area contributed by atoms with Crippen LogP contribution in [0.3, 0.4) is 0 Å². The van der Waals surface area contributed by atoms with Crippen molar-refractivity contribution in [3.63, 3.8) is 0 Å². The van der Waals surface area contributed by atoms with Crippen LogP contribution in [0.1, 0.15) is 36.4 Å². The Morgan fingerprint density at radius 2 is 1.75 bits per heavy atom. The molecule has 16 heavy (non-hydrogen) atoms. The number of hydrogen-bond acceptors (Lipinski definition) is 2. The Labute approximate surface area is 93.3 Å². The molecule has 1 saturated carbocycles. The fourth-order valence-electron chi connectivity index (χ4n) is 1.66. The molecular weight excluding hydrogens is 212 g/mol. The van der Waals surface area contributed by atoms with E-state index in [1.54, 1.807) is 12.1 Å². The second kappa shape index (κ2) is 4.89. The quantitative estimate of drug-likeness (QED) is 0.809. The zero-order valence-electron chi connectivity index (χ0n) is 8.87. The topological polar surface area (TPSA) is 32.3 Å². The van der Waals surface area contributed by atoms with E-state index in [1.165, 1.54) is 12.1 Å². The average Bonchev–Trinajstić information content (AvgIpc) is 3.10. The third-order valence-electron chi connectivity index (χ3n) is 2.79. The summed E-state index contributed by atoms with van der Waals surface area (Å²) < 4.78 is 24.7. The lowest BCUT2D eigenvalue weighted by Gasteiger charge is -2.16. The molecule has 1 aromatic rings. The van der Waals surface area contributed by atoms with Crippen LogP contribution in [-0.4, -0.2) is 17.8 Å². The van der Waals surface area contributed by atoms with Crippen molar-refractivity contribution in [2.45, 2.75) is 31.4 Å². The number of aliphatic hydroxyl groups excluding tert-OH is 1. The Morgan fingerprint density at radius 3 is 2.19 bits per heavy atom. The standard InChI is InChI=1S/C12H15F2NO/c13-12(14)9-3-1-8(2-4-9)11(7-16)15-10-5-6-10/h1-4,10-12,15-16H,5-7H2. The van der Waals surface area contributed by atoms with Crippen LogP contribution >= 0.6 is 0 Å². The lowest BCUT2D eigenvalue weighted by Crippen LogP contribution is -2.26. The van der Waals surface area contributed by atoms with Crippen molar-refractivity contribution >= 4 is 0 Å². The minimum absolute atomic E-state index is 0.00940. The number of rotatable bonds is 5. The molecule has 0 aromatic heterocycles. The first-order chi connectivity index (χ1) is 7.70. The Kier molecular flexibility index (Phi) is 3.51. The molecule has 0 spiro atoms. The van der Waals surface area contributed by atoms with Gasteiger partial charge in [0.15, 0.2) is 0 Å². The third kappa shape index (κ3) is 2.77. The largest absolute Gasteiger partial charge is 0.394 e. The molecule has 0 radical (unpaired) electrons. The molecule has 1 fully saturated rings. The summed E-state index contributed by atoms with van der Waals surface area (Å²) in [6, 6.07) is 6.47. The van der Waals surface area contributed by atoms with Crippen LogP contribution in [-0.2, 0) is 0 Å². The molecule has 1 unspecified atom stereocenters. The first kappa shape index (κ1) is 11.5. The fraction of sp³-hybridized carbons (Fsp3) is 0.500. The first-order valence-electron chi connectivity index (χ1n) is 5.45. The first-order valence-corrected chi connectivity index (χ1v) is 5.45. The zero-order chi connectivity index (χ0) is 11.5. The summed E-state index contributed by atoms with van der Waals surface area (Å²) in [6.45, 7) is -0.00940. The van der Waals surface area contributed by atoms with E-state index in [0.29, 0.717) is 6.04 Å². The minimum atomic E-state index is -2.43. The van der Waals surface area contributed by atoms with E-state index in [1.807, 2.05) is 0 Å². The Hall–Kier alpha value is -1.00. The van der Waals surface area contributed by atoms with E-state index in [4.69, 9.17) is 0 Å². The highest BCUT2D eigenvalue weighted by molar-refractivity contribution is 5.26. The summed E-state index contributed by atoms with van der Waals surface area (Å²) in [4.78, 5) is 0. The number of hydrogen-bond donors (Lipinski definition) is 2. The maximum absolute atomic E-state index is 12.3. The molecule has 88 valence electrons. The SMILES string of the molecule is OCC(NC1CC1)c1ccc(C(F)F)cc1. The van der Waals surface area contributed by atoms with Gasteiger partial charge in [-0.2, -0.15) is 0 Å². The van der Waals surface area contributed by atoms with Crippen LogP contribution in [0.5, 0.6) is 0 Å². The highest BCUT2D eigenvalue weighted by atomic mass is 19.3. The second-order valence-corrected chi connectivity index (χ2v) is 4.14. The van der Waals surface area contributed by atoms with Gasteiger partial charge in [0.05, 0.1) is 12.6 Å². The summed E-state index contributed by atoms with van der Waals surface area (Å²) in [5.41, 5.74) is 0.880. The molecule has 0 amide bonds. The van der Waals surface area contributed by atoms with Gasteiger partial charge in [0.1, 0.15) is 0 Å². The highest BCUT2D eigenvalue weighted by Crippen LogP contribution is 2.25. The fourth-order valence-corrected chi connectivity index (χ4v) is 1.66. The predicted octanol–water partition coefficient (Wildman–Crippen LogP) is 2.41. The Balaban J connectivity index is 2.05. The summed E-state index contributed by atoms with van der Waals surface area (Å²) in [6.07, 6.45) is -0.171. The number of aliphatic hydroxyl groups is 1. The Morgan fingerprint density at radius 1 is 1.19 bits per heavy atom. The van der Waals surface area contributed by atoms with Gasteiger partial charge >= 0.3 is 0 Å². The summed E-state index contributed by atoms with van der Waals surface area (Å²) in [5, 5.41) is 12.5. The van der Waals surface area contributed by atoms with Crippen molar-refractivity contribution in [3.8, 4) is 0 Å². The van der Waals surface area contributed by atoms with Crippen molar-refractivity contribution in [1.29, 1.82) is 0 Å². The second-order valence-electron chi connectivity index (χ2n) is 4.14. The molecule has 0 heterocycles. The van der Waals surface area contributed by atoms with Crippen LogP contribution in [0.4, 0.5) is 8.78 Å². The highest BCUT2D eigenvalue weighted by Gasteiger charge is 2.24. The molecule has 2 N–H and O–H groups in total. The maximum atomic E-state index is 12.3. The molecular formula is C12H15F2NO. The molecule has 2 rings (SSSR count). The van der Waals surface area contributed by atoms with Crippen LogP contribution in [0.15, 0.2) is 24.3 Å². The third-order valence-corrected chi connectivity index (χ3v) is 2.79. The van der Waals surface area contributed by atoms with Gasteiger partial charge in [0, 0.05) is 11.6 Å². The van der Waals surface area contributed by atoms with Gasteiger partial charge in [0.25, 0.3) is 6.43 Å². The van der Waals surface area contributed by atoms with Gasteiger partial charge in [0.2, 0.25) is 0 Å². The number of benzene rings is 1. The van der Waals surface area contributed by atoms with Gasteiger partial charge in [-0.1, -0.05) is 24.3 Å². The van der Waals surface area contributed by atoms with Crippen molar-refractivity contribution in [1.82, 2.24) is 5.32 Å². The lowest BCUT2D eigenvalue weighted by molar-refractivity contribution is 0.151. The number of nitrogens with one attached hydrogen (secondary N) is 1. The van der Waals surface area contributed by atoms with Gasteiger partial charge in [-0.05, 0) is 18.4 Å². The van der Waals surface area contributed by atoms with Crippen molar-refractivity contribution < 1.29 is 13.9 Å². The van der Waals surface area contributed by atoms with Gasteiger partial charge in [-0.15, -0.1) is 0 Å². The van der Waals surface area contributed by atoms with Crippen LogP contribution in [0.25, 0.3) is 0 Å². The molecule has 4 heteroatoms. The van der Waals surface area contributed by atoms with E-state index in [9.17, 15) is 13.9 Å². The predicted molar refractivity (Wildman–Crippen MR) is 57.4 cm³/mol. The minimum Gasteiger partial charge on any atom is -0.394 e. The summed E-state index contributed by atoms with van der Waals surface area (Å²) >= 11 is 0. The monoisotopic (exact) mass is 227 g/mol. The van der Waals surface area contributed by atoms with Crippen molar-refractivity contribution in [2.75, 3.05) is 6.61 Å². The smallest absolute Gasteiger partial charge is 0.263 e. The van der Waals surface area contributed by atoms with Gasteiger partial charge in [-0.25, -0.2) is 8.78 Å². The van der Waals surface area contributed by atoms with Crippen LogP contribution in [0.2, 0.25) is 0 Å². The Bertz CT molecular complexity index is 335. The summed E-state index contributed by atoms with van der Waals surface area (Å²) in [5.74, 6) is 0. The van der Waals surface area contributed by atoms with E-state index in [2.05, 4.69) is 5.32 Å². The molecule has 1 aliphatic rings. The molecule has 0 saturated heterocycles. The van der Waals surface area contributed by atoms with E-state index < -0.39 is 6.43 Å². The van der Waals surface area contributed by atoms with Crippen LogP contribution < -0.4 is 5.32 Å². The van der Waals surface area contributed by atoms with Gasteiger partial charge in [-0.3, -0.25) is 0 Å². The molecule has 0 bridgehead atoms. The molecule has 1 aromatic carbocycles. The normalized spacial score (nSPS) is 17.8. The maximum Gasteiger partial charge on any atom is 0.263 e. The summed E-state index contributed by atoms with van der Waals surface area (Å²) in [7, 11) is 0. The van der Waals surface area contributed by atoms with Gasteiger partial charge < -0.3 is 10.4 Å². The molecule has 0 aliphatic heterocycles. The molecule has 1 aliphatic carbocycles. The van der Waals surface area contributed by atoms with E-state index >= 15 is 0 Å². The number of alkyl halides is 2. The van der Waals surface area contributed by atoms with Crippen molar-refractivity contribution in [2.24, 2.45) is 0 Å². The van der Waals surface area contributed by atoms with Crippen molar-refractivity contribution in [3.05, 3.63) is 35.4 Å². The zero-order valence-corrected chi connectivity index (χ0v) is 8.87. The molecule has 1 atom stereocenters. The van der Waals surface area contributed by atoms with E-state index in [0.717, 1.165) is 18.4 Å². The number of halogens is 2. The average molecular weight is 227 g/mol. The van der Waals surface area contributed by atoms with E-state index in [-0.39, 0.29) is 18.2 Å². The van der Waals surface area contributed by atoms with Crippen LogP contribution in [0, 0.1) is 0 Å². The molecule has 2 nitrogen and oxygen atoms in total.